The number of pyridine rings is 1. The molecule has 0 aliphatic heterocycles. The molecule has 0 aliphatic carbocycles. The quantitative estimate of drug-likeness (QED) is 0.725. The number of methoxy groups -OCH3 is 1. The average molecular weight is 302 g/mol. The van der Waals surface area contributed by atoms with Gasteiger partial charge in [0.1, 0.15) is 5.75 Å². The van der Waals surface area contributed by atoms with Crippen molar-refractivity contribution in [1.82, 2.24) is 4.98 Å². The minimum Gasteiger partial charge on any atom is -0.497 e. The number of aromatic nitrogens is 1. The van der Waals surface area contributed by atoms with Crippen LogP contribution < -0.4 is 15.8 Å². The number of ether oxygens (including phenoxy) is 1. The Kier molecular flexibility index (Phi) is 3.82. The van der Waals surface area contributed by atoms with Gasteiger partial charge in [-0.3, -0.25) is 0 Å². The van der Waals surface area contributed by atoms with Crippen LogP contribution in [0.2, 0.25) is 5.02 Å². The van der Waals surface area contributed by atoms with Gasteiger partial charge in [0.05, 0.1) is 23.8 Å². The summed E-state index contributed by atoms with van der Waals surface area (Å²) in [5, 5.41) is 6.09. The lowest BCUT2D eigenvalue weighted by atomic mass is 10.1. The standard InChI is InChI=1S/C16H16ClN3O/c1-21-11-3-5-14-13(9-11)16(19-7-6-18)12-4-2-10(17)8-15(12)20-14/h2-5,8-9H,6-7,18H2,1H3,(H,19,20). The number of nitrogens with one attached hydrogen (secondary N) is 1. The summed E-state index contributed by atoms with van der Waals surface area (Å²) < 4.78 is 5.31. The Bertz CT molecular complexity index is 804. The number of nitrogens with two attached hydrogens (primary N) is 1. The van der Waals surface area contributed by atoms with Gasteiger partial charge in [-0.2, -0.15) is 0 Å². The fourth-order valence-electron chi connectivity index (χ4n) is 2.41. The van der Waals surface area contributed by atoms with Gasteiger partial charge in [-0.25, -0.2) is 4.98 Å². The molecule has 21 heavy (non-hydrogen) atoms. The van der Waals surface area contributed by atoms with E-state index in [0.717, 1.165) is 33.2 Å². The van der Waals surface area contributed by atoms with E-state index >= 15 is 0 Å². The Labute approximate surface area is 127 Å². The summed E-state index contributed by atoms with van der Waals surface area (Å²) >= 11 is 6.07. The van der Waals surface area contributed by atoms with E-state index in [1.54, 1.807) is 7.11 Å². The Balaban J connectivity index is 2.33. The molecule has 5 heteroatoms. The molecule has 0 aliphatic rings. The van der Waals surface area contributed by atoms with Gasteiger partial charge < -0.3 is 15.8 Å². The lowest BCUT2D eigenvalue weighted by Gasteiger charge is -2.13. The van der Waals surface area contributed by atoms with E-state index in [4.69, 9.17) is 22.1 Å². The molecule has 3 N–H and O–H groups in total. The molecule has 3 rings (SSSR count). The summed E-state index contributed by atoms with van der Waals surface area (Å²) in [5.74, 6) is 0.799. The first-order valence-electron chi connectivity index (χ1n) is 6.74. The van der Waals surface area contributed by atoms with Crippen molar-refractivity contribution in [1.29, 1.82) is 0 Å². The van der Waals surface area contributed by atoms with Crippen molar-refractivity contribution in [2.45, 2.75) is 0 Å². The summed E-state index contributed by atoms with van der Waals surface area (Å²) in [4.78, 5) is 4.67. The van der Waals surface area contributed by atoms with Crippen LogP contribution in [-0.2, 0) is 0 Å². The second-order valence-electron chi connectivity index (χ2n) is 4.75. The average Bonchev–Trinajstić information content (AvgIpc) is 2.50. The summed E-state index contributed by atoms with van der Waals surface area (Å²) in [6, 6.07) is 11.5. The van der Waals surface area contributed by atoms with E-state index in [9.17, 15) is 0 Å². The zero-order chi connectivity index (χ0) is 14.8. The Morgan fingerprint density at radius 3 is 2.76 bits per heavy atom. The van der Waals surface area contributed by atoms with Crippen LogP contribution in [0.3, 0.4) is 0 Å². The van der Waals surface area contributed by atoms with Crippen LogP contribution in [0.15, 0.2) is 36.4 Å². The van der Waals surface area contributed by atoms with E-state index < -0.39 is 0 Å². The molecule has 1 aromatic heterocycles. The lowest BCUT2D eigenvalue weighted by molar-refractivity contribution is 0.415. The molecule has 0 amide bonds. The molecule has 0 unspecified atom stereocenters. The molecule has 108 valence electrons. The molecule has 1 heterocycles. The van der Waals surface area contributed by atoms with Crippen molar-refractivity contribution in [3.8, 4) is 5.75 Å². The maximum Gasteiger partial charge on any atom is 0.119 e. The highest BCUT2D eigenvalue weighted by molar-refractivity contribution is 6.31. The van der Waals surface area contributed by atoms with Crippen molar-refractivity contribution in [3.63, 3.8) is 0 Å². The second kappa shape index (κ2) is 5.76. The topological polar surface area (TPSA) is 60.2 Å². The molecule has 0 atom stereocenters. The molecule has 0 spiro atoms. The third kappa shape index (κ3) is 2.60. The van der Waals surface area contributed by atoms with Crippen LogP contribution in [0.4, 0.5) is 5.69 Å². The Morgan fingerprint density at radius 1 is 1.14 bits per heavy atom. The maximum absolute atomic E-state index is 6.07. The van der Waals surface area contributed by atoms with E-state index in [2.05, 4.69) is 10.3 Å². The summed E-state index contributed by atoms with van der Waals surface area (Å²) in [6.07, 6.45) is 0. The van der Waals surface area contributed by atoms with Crippen molar-refractivity contribution >= 4 is 39.1 Å². The van der Waals surface area contributed by atoms with Gasteiger partial charge in [0.2, 0.25) is 0 Å². The minimum atomic E-state index is 0.558. The van der Waals surface area contributed by atoms with Crippen LogP contribution >= 0.6 is 11.6 Å². The number of hydrogen-bond donors (Lipinski definition) is 2. The molecule has 3 aromatic rings. The SMILES string of the molecule is COc1ccc2nc3cc(Cl)ccc3c(NCCN)c2c1. The smallest absolute Gasteiger partial charge is 0.119 e. The van der Waals surface area contributed by atoms with E-state index in [1.807, 2.05) is 36.4 Å². The van der Waals surface area contributed by atoms with Gasteiger partial charge in [0, 0.05) is 28.9 Å². The van der Waals surface area contributed by atoms with Crippen LogP contribution in [-0.4, -0.2) is 25.2 Å². The van der Waals surface area contributed by atoms with Crippen LogP contribution in [0.1, 0.15) is 0 Å². The van der Waals surface area contributed by atoms with Gasteiger partial charge >= 0.3 is 0 Å². The maximum atomic E-state index is 6.07. The summed E-state index contributed by atoms with van der Waals surface area (Å²) in [5.41, 5.74) is 8.39. The molecule has 0 saturated heterocycles. The number of rotatable bonds is 4. The highest BCUT2D eigenvalue weighted by Crippen LogP contribution is 2.33. The molecular formula is C16H16ClN3O. The van der Waals surface area contributed by atoms with Crippen molar-refractivity contribution < 1.29 is 4.74 Å². The number of hydrogen-bond acceptors (Lipinski definition) is 4. The molecule has 2 aromatic carbocycles. The first-order chi connectivity index (χ1) is 10.2. The molecular weight excluding hydrogens is 286 g/mol. The number of benzene rings is 2. The Morgan fingerprint density at radius 2 is 2.00 bits per heavy atom. The van der Waals surface area contributed by atoms with E-state index in [1.165, 1.54) is 0 Å². The number of nitrogens with zero attached hydrogens (tertiary/aromatic N) is 1. The third-order valence-electron chi connectivity index (χ3n) is 3.39. The summed E-state index contributed by atoms with van der Waals surface area (Å²) in [6.45, 7) is 1.25. The highest BCUT2D eigenvalue weighted by Gasteiger charge is 2.10. The zero-order valence-electron chi connectivity index (χ0n) is 11.7. The van der Waals surface area contributed by atoms with Gasteiger partial charge in [-0.1, -0.05) is 11.6 Å². The van der Waals surface area contributed by atoms with E-state index in [0.29, 0.717) is 18.1 Å². The number of halogens is 1. The predicted octanol–water partition coefficient (Wildman–Crippen LogP) is 3.42. The van der Waals surface area contributed by atoms with Crippen molar-refractivity contribution in [3.05, 3.63) is 41.4 Å². The Hall–Kier alpha value is -2.04. The molecule has 0 bridgehead atoms. The first kappa shape index (κ1) is 13.9. The predicted molar refractivity (Wildman–Crippen MR) is 88.4 cm³/mol. The normalized spacial score (nSPS) is 11.0. The van der Waals surface area contributed by atoms with Gasteiger partial charge in [-0.05, 0) is 36.4 Å². The fraction of sp³-hybridized carbons (Fsp3) is 0.188. The van der Waals surface area contributed by atoms with Crippen LogP contribution in [0.5, 0.6) is 5.75 Å². The fourth-order valence-corrected chi connectivity index (χ4v) is 2.58. The minimum absolute atomic E-state index is 0.558. The van der Waals surface area contributed by atoms with Gasteiger partial charge in [-0.15, -0.1) is 0 Å². The number of anilines is 1. The second-order valence-corrected chi connectivity index (χ2v) is 5.18. The third-order valence-corrected chi connectivity index (χ3v) is 3.62. The van der Waals surface area contributed by atoms with Gasteiger partial charge in [0.15, 0.2) is 0 Å². The van der Waals surface area contributed by atoms with Crippen LogP contribution in [0, 0.1) is 0 Å². The zero-order valence-corrected chi connectivity index (χ0v) is 12.4. The van der Waals surface area contributed by atoms with E-state index in [-0.39, 0.29) is 0 Å². The lowest BCUT2D eigenvalue weighted by Crippen LogP contribution is -2.13. The molecule has 0 saturated carbocycles. The number of fused-ring (bicyclic) bond motifs is 2. The van der Waals surface area contributed by atoms with Crippen LogP contribution in [0.25, 0.3) is 21.8 Å². The van der Waals surface area contributed by atoms with Gasteiger partial charge in [0.25, 0.3) is 0 Å². The molecule has 0 radical (unpaired) electrons. The highest BCUT2D eigenvalue weighted by atomic mass is 35.5. The monoisotopic (exact) mass is 301 g/mol. The largest absolute Gasteiger partial charge is 0.497 e. The molecule has 4 nitrogen and oxygen atoms in total. The van der Waals surface area contributed by atoms with Crippen molar-refractivity contribution in [2.75, 3.05) is 25.5 Å². The van der Waals surface area contributed by atoms with Crippen molar-refractivity contribution in [2.24, 2.45) is 5.73 Å². The summed E-state index contributed by atoms with van der Waals surface area (Å²) in [7, 11) is 1.66. The molecule has 0 fully saturated rings. The first-order valence-corrected chi connectivity index (χ1v) is 7.11.